The lowest BCUT2D eigenvalue weighted by molar-refractivity contribution is 0.591. The minimum absolute atomic E-state index is 0.0507. The zero-order valence-corrected chi connectivity index (χ0v) is 49.1. The van der Waals surface area contributed by atoms with Gasteiger partial charge in [0.2, 0.25) is 0 Å². The summed E-state index contributed by atoms with van der Waals surface area (Å²) in [6.45, 7) is 11.8. The zero-order valence-electron chi connectivity index (χ0n) is 49.1. The number of hydrogen-bond acceptors (Lipinski definition) is 2. The summed E-state index contributed by atoms with van der Waals surface area (Å²) in [4.78, 5) is 4.90. The second kappa shape index (κ2) is 19.8. The first kappa shape index (κ1) is 51.2. The Bertz CT molecular complexity index is 4870. The second-order valence-corrected chi connectivity index (χ2v) is 25.0. The first-order chi connectivity index (χ1) is 42.0. The number of benzene rings is 13. The van der Waals surface area contributed by atoms with Crippen molar-refractivity contribution in [2.45, 2.75) is 45.4 Å². The van der Waals surface area contributed by atoms with Gasteiger partial charge in [-0.3, -0.25) is 0 Å². The molecule has 3 nitrogen and oxygen atoms in total. The normalized spacial score (nSPS) is 12.8. The highest BCUT2D eigenvalue weighted by Gasteiger charge is 2.37. The van der Waals surface area contributed by atoms with Gasteiger partial charge in [-0.1, -0.05) is 223 Å². The van der Waals surface area contributed by atoms with Gasteiger partial charge in [-0.05, 0) is 192 Å². The molecule has 2 heterocycles. The second-order valence-electron chi connectivity index (χ2n) is 25.0. The molecule has 0 unspecified atom stereocenters. The summed E-state index contributed by atoms with van der Waals surface area (Å²) in [6, 6.07) is 108. The van der Waals surface area contributed by atoms with E-state index in [0.717, 1.165) is 34.1 Å². The largest absolute Gasteiger partial charge is 0.310 e. The molecule has 410 valence electrons. The quantitative estimate of drug-likeness (QED) is 0.135. The van der Waals surface area contributed by atoms with E-state index in [4.69, 9.17) is 0 Å². The van der Waals surface area contributed by atoms with E-state index in [-0.39, 0.29) is 10.8 Å². The standard InChI is InChI=1S/C83H63N3/c1-82(2,3)64-34-46-77-74(52-64)80-78(85(67-39-30-60(31-40-67)56-22-14-8-15-23-56)68-41-32-61(33-42-68)57-24-16-9-17-25-57)47-45-71-73-49-62-48-72-70-44-43-69(53-76(70)83(4,5)75(72)50-63(62)51-79(73)86(77)81(71)80)84(65-35-26-58(27-36-65)54-18-10-6-11-19-54)66-37-28-59(29-38-66)55-20-12-7-13-21-55/h6-53H,1-5H3. The number of aromatic nitrogens is 1. The van der Waals surface area contributed by atoms with E-state index >= 15 is 0 Å². The van der Waals surface area contributed by atoms with E-state index in [9.17, 15) is 0 Å². The van der Waals surface area contributed by atoms with E-state index in [1.807, 2.05) is 0 Å². The number of rotatable bonds is 10. The molecule has 86 heavy (non-hydrogen) atoms. The third kappa shape index (κ3) is 8.40. The molecule has 0 saturated carbocycles. The fourth-order valence-corrected chi connectivity index (χ4v) is 13.9. The van der Waals surface area contributed by atoms with Gasteiger partial charge in [-0.2, -0.15) is 0 Å². The minimum Gasteiger partial charge on any atom is -0.310 e. The Morgan fingerprint density at radius 3 is 1.22 bits per heavy atom. The van der Waals surface area contributed by atoms with Crippen LogP contribution in [0.5, 0.6) is 0 Å². The molecule has 13 aromatic carbocycles. The first-order valence-corrected chi connectivity index (χ1v) is 30.1. The van der Waals surface area contributed by atoms with Crippen LogP contribution in [0.3, 0.4) is 0 Å². The summed E-state index contributed by atoms with van der Waals surface area (Å²) in [5.41, 5.74) is 26.3. The predicted molar refractivity (Wildman–Crippen MR) is 366 cm³/mol. The molecule has 0 aliphatic heterocycles. The lowest BCUT2D eigenvalue weighted by atomic mass is 9.81. The fourth-order valence-electron chi connectivity index (χ4n) is 13.9. The SMILES string of the molecule is CC(C)(C)c1ccc2c(c1)c1c(N(c3ccc(-c4ccccc4)cc3)c3ccc(-c4ccccc4)cc3)ccc3c4cc5cc6c(cc5cc4n2c31)C(C)(C)c1cc(N(c2ccc(-c3ccccc3)cc2)c2ccc(-c3ccccc3)cc2)ccc1-6. The third-order valence-corrected chi connectivity index (χ3v) is 18.4. The maximum atomic E-state index is 2.58. The Kier molecular flexibility index (Phi) is 11.8. The summed E-state index contributed by atoms with van der Waals surface area (Å²) in [5, 5.41) is 7.52. The number of hydrogen-bond donors (Lipinski definition) is 0. The van der Waals surface area contributed by atoms with Gasteiger partial charge < -0.3 is 14.2 Å². The van der Waals surface area contributed by atoms with Crippen LogP contribution in [0.15, 0.2) is 291 Å². The lowest BCUT2D eigenvalue weighted by Gasteiger charge is -2.28. The van der Waals surface area contributed by atoms with E-state index in [1.165, 1.54) is 121 Å². The molecule has 2 aromatic heterocycles. The monoisotopic (exact) mass is 1100 g/mol. The molecule has 3 heteroatoms. The number of anilines is 6. The van der Waals surface area contributed by atoms with Crippen LogP contribution in [0.1, 0.15) is 51.3 Å². The van der Waals surface area contributed by atoms with Crippen LogP contribution < -0.4 is 9.80 Å². The molecular weight excluding hydrogens is 1040 g/mol. The fraction of sp³-hybridized carbons (Fsp3) is 0.0843. The van der Waals surface area contributed by atoms with Crippen molar-refractivity contribution in [1.29, 1.82) is 0 Å². The van der Waals surface area contributed by atoms with Crippen LogP contribution in [0.2, 0.25) is 0 Å². The first-order valence-electron chi connectivity index (χ1n) is 30.1. The van der Waals surface area contributed by atoms with Crippen molar-refractivity contribution in [3.05, 3.63) is 308 Å². The Balaban J connectivity index is 0.848. The van der Waals surface area contributed by atoms with Crippen LogP contribution in [0.4, 0.5) is 34.1 Å². The molecular formula is C83H63N3. The van der Waals surface area contributed by atoms with Crippen molar-refractivity contribution < 1.29 is 0 Å². The van der Waals surface area contributed by atoms with Crippen LogP contribution in [-0.4, -0.2) is 4.40 Å². The molecule has 16 rings (SSSR count). The Morgan fingerprint density at radius 2 is 0.744 bits per heavy atom. The van der Waals surface area contributed by atoms with Crippen molar-refractivity contribution >= 4 is 83.0 Å². The number of fused-ring (bicyclic) bond motifs is 10. The van der Waals surface area contributed by atoms with Crippen molar-refractivity contribution in [2.75, 3.05) is 9.80 Å². The summed E-state index contributed by atoms with van der Waals surface area (Å²) in [6.07, 6.45) is 0. The summed E-state index contributed by atoms with van der Waals surface area (Å²) in [5.74, 6) is 0. The average Bonchev–Trinajstić information content (AvgIpc) is 1.55. The highest BCUT2D eigenvalue weighted by Crippen LogP contribution is 2.54. The average molecular weight is 1100 g/mol. The highest BCUT2D eigenvalue weighted by molar-refractivity contribution is 6.28. The topological polar surface area (TPSA) is 10.9 Å². The maximum absolute atomic E-state index is 2.58. The molecule has 1 aliphatic carbocycles. The summed E-state index contributed by atoms with van der Waals surface area (Å²) < 4.78 is 2.58. The van der Waals surface area contributed by atoms with Gasteiger partial charge in [0.1, 0.15) is 0 Å². The predicted octanol–water partition coefficient (Wildman–Crippen LogP) is 23.2. The van der Waals surface area contributed by atoms with Gasteiger partial charge >= 0.3 is 0 Å². The van der Waals surface area contributed by atoms with Crippen LogP contribution >= 0.6 is 0 Å². The summed E-state index contributed by atoms with van der Waals surface area (Å²) in [7, 11) is 0. The van der Waals surface area contributed by atoms with Crippen molar-refractivity contribution in [2.24, 2.45) is 0 Å². The lowest BCUT2D eigenvalue weighted by Crippen LogP contribution is -2.16. The van der Waals surface area contributed by atoms with Crippen LogP contribution in [0, 0.1) is 0 Å². The smallest absolute Gasteiger partial charge is 0.0641 e. The van der Waals surface area contributed by atoms with E-state index in [1.54, 1.807) is 0 Å². The zero-order chi connectivity index (χ0) is 57.8. The molecule has 0 fully saturated rings. The maximum Gasteiger partial charge on any atom is 0.0641 e. The molecule has 1 aliphatic rings. The van der Waals surface area contributed by atoms with Crippen molar-refractivity contribution in [1.82, 2.24) is 4.40 Å². The van der Waals surface area contributed by atoms with E-state index < -0.39 is 0 Å². The van der Waals surface area contributed by atoms with Crippen molar-refractivity contribution in [3.63, 3.8) is 0 Å². The van der Waals surface area contributed by atoms with Gasteiger partial charge in [0.05, 0.1) is 22.2 Å². The highest BCUT2D eigenvalue weighted by atomic mass is 15.2. The van der Waals surface area contributed by atoms with E-state index in [2.05, 4.69) is 340 Å². The molecule has 15 aromatic rings. The minimum atomic E-state index is -0.273. The van der Waals surface area contributed by atoms with Gasteiger partial charge in [-0.15, -0.1) is 0 Å². The molecule has 0 amide bonds. The van der Waals surface area contributed by atoms with Crippen LogP contribution in [-0.2, 0) is 10.8 Å². The molecule has 0 bridgehead atoms. The Hall–Kier alpha value is -10.5. The van der Waals surface area contributed by atoms with Crippen LogP contribution in [0.25, 0.3) is 105 Å². The van der Waals surface area contributed by atoms with Gasteiger partial charge in [0.15, 0.2) is 0 Å². The van der Waals surface area contributed by atoms with Crippen molar-refractivity contribution in [3.8, 4) is 55.6 Å². The molecule has 0 spiro atoms. The van der Waals surface area contributed by atoms with Gasteiger partial charge in [0.25, 0.3) is 0 Å². The molecule has 0 saturated heterocycles. The van der Waals surface area contributed by atoms with Gasteiger partial charge in [0, 0.05) is 55.4 Å². The molecule has 0 N–H and O–H groups in total. The Labute approximate surface area is 503 Å². The Morgan fingerprint density at radius 1 is 0.314 bits per heavy atom. The van der Waals surface area contributed by atoms with E-state index in [0.29, 0.717) is 0 Å². The number of nitrogens with zero attached hydrogens (tertiary/aromatic N) is 3. The third-order valence-electron chi connectivity index (χ3n) is 18.4. The molecule has 0 radical (unpaired) electrons. The van der Waals surface area contributed by atoms with Gasteiger partial charge in [-0.25, -0.2) is 0 Å². The molecule has 0 atom stereocenters. The summed E-state index contributed by atoms with van der Waals surface area (Å²) >= 11 is 0.